The molecule has 2 aromatic rings. The van der Waals surface area contributed by atoms with Gasteiger partial charge in [-0.05, 0) is 35.9 Å². The van der Waals surface area contributed by atoms with Gasteiger partial charge in [0, 0.05) is 22.5 Å². The highest BCUT2D eigenvalue weighted by Gasteiger charge is 2.24. The third kappa shape index (κ3) is 3.91. The van der Waals surface area contributed by atoms with Crippen LogP contribution in [0.3, 0.4) is 0 Å². The van der Waals surface area contributed by atoms with Crippen LogP contribution in [0.4, 0.5) is 4.39 Å². The maximum absolute atomic E-state index is 13.9. The highest BCUT2D eigenvalue weighted by atomic mass is 79.9. The summed E-state index contributed by atoms with van der Waals surface area (Å²) in [4.78, 5) is -0.328. The molecule has 2 rings (SSSR count). The molecule has 0 aliphatic carbocycles. The number of hydrogen-bond acceptors (Lipinski definition) is 2. The van der Waals surface area contributed by atoms with Crippen molar-refractivity contribution in [2.75, 3.05) is 7.05 Å². The van der Waals surface area contributed by atoms with Crippen molar-refractivity contribution in [2.45, 2.75) is 11.4 Å². The van der Waals surface area contributed by atoms with Gasteiger partial charge in [-0.1, -0.05) is 44.0 Å². The van der Waals surface area contributed by atoms with E-state index in [2.05, 4.69) is 31.9 Å². The molecule has 7 heteroatoms. The molecule has 0 spiro atoms. The van der Waals surface area contributed by atoms with E-state index >= 15 is 0 Å². The molecule has 21 heavy (non-hydrogen) atoms. The Bertz CT molecular complexity index is 748. The van der Waals surface area contributed by atoms with Gasteiger partial charge >= 0.3 is 0 Å². The fourth-order valence-electron chi connectivity index (χ4n) is 1.78. The van der Waals surface area contributed by atoms with Gasteiger partial charge in [-0.2, -0.15) is 4.31 Å². The smallest absolute Gasteiger partial charge is 0.207 e. The van der Waals surface area contributed by atoms with Gasteiger partial charge in [0.1, 0.15) is 10.7 Å². The van der Waals surface area contributed by atoms with Crippen LogP contribution < -0.4 is 0 Å². The lowest BCUT2D eigenvalue weighted by Gasteiger charge is -2.18. The topological polar surface area (TPSA) is 37.4 Å². The fraction of sp³-hybridized carbons (Fsp3) is 0.143. The van der Waals surface area contributed by atoms with Crippen LogP contribution in [-0.2, 0) is 16.6 Å². The molecule has 112 valence electrons. The van der Waals surface area contributed by atoms with E-state index in [-0.39, 0.29) is 11.4 Å². The van der Waals surface area contributed by atoms with E-state index in [4.69, 9.17) is 0 Å². The van der Waals surface area contributed by atoms with Gasteiger partial charge in [-0.15, -0.1) is 0 Å². The van der Waals surface area contributed by atoms with Gasteiger partial charge in [0.15, 0.2) is 0 Å². The summed E-state index contributed by atoms with van der Waals surface area (Å²) in [5, 5.41) is 0. The van der Waals surface area contributed by atoms with Crippen LogP contribution in [0.1, 0.15) is 5.56 Å². The maximum Gasteiger partial charge on any atom is 0.246 e. The van der Waals surface area contributed by atoms with E-state index < -0.39 is 15.8 Å². The molecule has 0 unspecified atom stereocenters. The van der Waals surface area contributed by atoms with E-state index in [0.29, 0.717) is 4.47 Å². The first kappa shape index (κ1) is 16.6. The summed E-state index contributed by atoms with van der Waals surface area (Å²) in [6, 6.07) is 11.2. The number of nitrogens with zero attached hydrogens (tertiary/aromatic N) is 1. The minimum Gasteiger partial charge on any atom is -0.207 e. The molecule has 0 fully saturated rings. The van der Waals surface area contributed by atoms with Crippen molar-refractivity contribution in [1.82, 2.24) is 4.31 Å². The summed E-state index contributed by atoms with van der Waals surface area (Å²) in [6.45, 7) is 0.172. The van der Waals surface area contributed by atoms with E-state index in [1.54, 1.807) is 0 Å². The molecule has 3 nitrogen and oxygen atoms in total. The molecule has 0 amide bonds. The fourth-order valence-corrected chi connectivity index (χ4v) is 3.58. The zero-order chi connectivity index (χ0) is 15.6. The molecule has 0 aromatic heterocycles. The predicted molar refractivity (Wildman–Crippen MR) is 86.9 cm³/mol. The molecule has 0 N–H and O–H groups in total. The Hall–Kier alpha value is -0.760. The summed E-state index contributed by atoms with van der Waals surface area (Å²) >= 11 is 6.43. The van der Waals surface area contributed by atoms with Gasteiger partial charge in [-0.3, -0.25) is 0 Å². The van der Waals surface area contributed by atoms with Crippen LogP contribution in [0.15, 0.2) is 56.3 Å². The third-order valence-corrected chi connectivity index (χ3v) is 5.76. The highest BCUT2D eigenvalue weighted by molar-refractivity contribution is 9.10. The summed E-state index contributed by atoms with van der Waals surface area (Å²) in [5.41, 5.74) is 0.821. The van der Waals surface area contributed by atoms with Crippen LogP contribution in [-0.4, -0.2) is 19.8 Å². The van der Waals surface area contributed by atoms with E-state index in [1.165, 1.54) is 19.2 Å². The lowest BCUT2D eigenvalue weighted by molar-refractivity contribution is 0.460. The number of halogens is 3. The number of rotatable bonds is 4. The van der Waals surface area contributed by atoms with Crippen molar-refractivity contribution in [2.24, 2.45) is 0 Å². The highest BCUT2D eigenvalue weighted by Crippen LogP contribution is 2.23. The van der Waals surface area contributed by atoms with Gasteiger partial charge in [0.2, 0.25) is 10.0 Å². The predicted octanol–water partition coefficient (Wildman–Crippen LogP) is 4.17. The van der Waals surface area contributed by atoms with Crippen LogP contribution in [0, 0.1) is 5.82 Å². The summed E-state index contributed by atoms with van der Waals surface area (Å²) in [5.74, 6) is -0.771. The first-order chi connectivity index (χ1) is 9.80. The minimum absolute atomic E-state index is 0.172. The lowest BCUT2D eigenvalue weighted by Crippen LogP contribution is -2.27. The minimum atomic E-state index is -3.87. The van der Waals surface area contributed by atoms with Crippen molar-refractivity contribution in [3.05, 3.63) is 62.8 Å². The standard InChI is InChI=1S/C14H12Br2FNO2S/c1-18(9-10-2-4-11(15)5-3-10)21(19,20)14-7-6-12(16)8-13(14)17/h2-8H,9H2,1H3. The molecule has 0 radical (unpaired) electrons. The lowest BCUT2D eigenvalue weighted by atomic mass is 10.2. The molecular formula is C14H12Br2FNO2S. The second kappa shape index (κ2) is 6.56. The first-order valence-corrected chi connectivity index (χ1v) is 8.99. The van der Waals surface area contributed by atoms with E-state index in [1.807, 2.05) is 24.3 Å². The molecule has 0 saturated heterocycles. The van der Waals surface area contributed by atoms with Crippen LogP contribution in [0.25, 0.3) is 0 Å². The normalized spacial score (nSPS) is 11.9. The maximum atomic E-state index is 13.9. The van der Waals surface area contributed by atoms with Gasteiger partial charge in [0.25, 0.3) is 0 Å². The van der Waals surface area contributed by atoms with Crippen molar-refractivity contribution in [3.63, 3.8) is 0 Å². The second-order valence-corrected chi connectivity index (χ2v) is 8.31. The molecule has 0 aliphatic heterocycles. The average molecular weight is 437 g/mol. The van der Waals surface area contributed by atoms with Crippen molar-refractivity contribution >= 4 is 41.9 Å². The van der Waals surface area contributed by atoms with Crippen LogP contribution in [0.5, 0.6) is 0 Å². The Morgan fingerprint density at radius 1 is 1.05 bits per heavy atom. The van der Waals surface area contributed by atoms with Crippen LogP contribution in [0.2, 0.25) is 0 Å². The molecule has 0 bridgehead atoms. The van der Waals surface area contributed by atoms with Gasteiger partial charge in [0.05, 0.1) is 0 Å². The molecule has 0 atom stereocenters. The quantitative estimate of drug-likeness (QED) is 0.721. The summed E-state index contributed by atoms with van der Waals surface area (Å²) < 4.78 is 41.2. The Balaban J connectivity index is 2.28. The monoisotopic (exact) mass is 435 g/mol. The van der Waals surface area contributed by atoms with Crippen molar-refractivity contribution in [3.8, 4) is 0 Å². The van der Waals surface area contributed by atoms with Crippen molar-refractivity contribution in [1.29, 1.82) is 0 Å². The molecular weight excluding hydrogens is 425 g/mol. The molecule has 0 heterocycles. The first-order valence-electron chi connectivity index (χ1n) is 5.96. The zero-order valence-corrected chi connectivity index (χ0v) is 15.0. The van der Waals surface area contributed by atoms with Gasteiger partial charge < -0.3 is 0 Å². The second-order valence-electron chi connectivity index (χ2n) is 4.46. The van der Waals surface area contributed by atoms with E-state index in [0.717, 1.165) is 20.4 Å². The Morgan fingerprint density at radius 3 is 2.19 bits per heavy atom. The molecule has 0 saturated carbocycles. The molecule has 2 aromatic carbocycles. The SMILES string of the molecule is CN(Cc1ccc(Br)cc1)S(=O)(=O)c1ccc(Br)cc1F. The number of hydrogen-bond donors (Lipinski definition) is 0. The average Bonchev–Trinajstić information content (AvgIpc) is 2.40. The number of benzene rings is 2. The van der Waals surface area contributed by atoms with E-state index in [9.17, 15) is 12.8 Å². The number of sulfonamides is 1. The Morgan fingerprint density at radius 2 is 1.62 bits per heavy atom. The van der Waals surface area contributed by atoms with Gasteiger partial charge in [-0.25, -0.2) is 12.8 Å². The Kier molecular flexibility index (Phi) is 5.19. The summed E-state index contributed by atoms with van der Waals surface area (Å²) in [7, 11) is -2.44. The Labute approximate surface area is 140 Å². The third-order valence-electron chi connectivity index (χ3n) is 2.90. The largest absolute Gasteiger partial charge is 0.246 e. The molecule has 0 aliphatic rings. The van der Waals surface area contributed by atoms with Crippen molar-refractivity contribution < 1.29 is 12.8 Å². The zero-order valence-electron chi connectivity index (χ0n) is 11.1. The van der Waals surface area contributed by atoms with Crippen LogP contribution >= 0.6 is 31.9 Å². The summed E-state index contributed by atoms with van der Waals surface area (Å²) in [6.07, 6.45) is 0.